The smallest absolute Gasteiger partial charge is 0.335 e. The molecular formula is C26H18O6. The van der Waals surface area contributed by atoms with Crippen LogP contribution in [0.3, 0.4) is 0 Å². The van der Waals surface area contributed by atoms with E-state index in [1.165, 1.54) is 24.3 Å². The fraction of sp³-hybridized carbons (Fsp3) is 0. The molecule has 0 spiro atoms. The molecule has 0 aliphatic rings. The fourth-order valence-corrected chi connectivity index (χ4v) is 3.06. The second kappa shape index (κ2) is 9.06. The summed E-state index contributed by atoms with van der Waals surface area (Å²) in [6, 6.07) is 27.5. The topological polar surface area (TPSA) is 93.1 Å². The highest BCUT2D eigenvalue weighted by atomic mass is 16.5. The van der Waals surface area contributed by atoms with Gasteiger partial charge in [-0.25, -0.2) is 9.59 Å². The zero-order valence-electron chi connectivity index (χ0n) is 16.8. The molecular weight excluding hydrogens is 408 g/mol. The molecule has 0 amide bonds. The Hall–Kier alpha value is -4.58. The minimum absolute atomic E-state index is 0.200. The molecule has 0 atom stereocenters. The number of carboxylic acids is 2. The van der Waals surface area contributed by atoms with E-state index in [4.69, 9.17) is 19.7 Å². The van der Waals surface area contributed by atoms with E-state index in [0.29, 0.717) is 23.0 Å². The Balaban J connectivity index is 1.45. The molecule has 4 aromatic rings. The molecule has 6 nitrogen and oxygen atoms in total. The molecule has 158 valence electrons. The molecule has 0 aliphatic carbocycles. The van der Waals surface area contributed by atoms with Crippen LogP contribution in [0, 0.1) is 0 Å². The minimum Gasteiger partial charge on any atom is -0.478 e. The van der Waals surface area contributed by atoms with Gasteiger partial charge in [0, 0.05) is 0 Å². The predicted octanol–water partition coefficient (Wildman–Crippen LogP) is 6.33. The van der Waals surface area contributed by atoms with Gasteiger partial charge in [0.25, 0.3) is 0 Å². The van der Waals surface area contributed by atoms with Crippen molar-refractivity contribution < 1.29 is 29.3 Å². The van der Waals surface area contributed by atoms with Gasteiger partial charge >= 0.3 is 11.9 Å². The first-order valence-electron chi connectivity index (χ1n) is 9.71. The Labute approximate surface area is 183 Å². The van der Waals surface area contributed by atoms with Gasteiger partial charge in [-0.05, 0) is 83.9 Å². The van der Waals surface area contributed by atoms with E-state index in [1.54, 1.807) is 24.3 Å². The van der Waals surface area contributed by atoms with Crippen LogP contribution in [0.25, 0.3) is 11.1 Å². The maximum Gasteiger partial charge on any atom is 0.335 e. The van der Waals surface area contributed by atoms with Crippen molar-refractivity contribution in [3.8, 4) is 34.1 Å². The molecule has 0 heterocycles. The van der Waals surface area contributed by atoms with Crippen LogP contribution < -0.4 is 9.47 Å². The van der Waals surface area contributed by atoms with E-state index in [2.05, 4.69) is 0 Å². The fourth-order valence-electron chi connectivity index (χ4n) is 3.06. The summed E-state index contributed by atoms with van der Waals surface area (Å²) >= 11 is 0. The van der Waals surface area contributed by atoms with Crippen molar-refractivity contribution in [2.45, 2.75) is 0 Å². The molecule has 32 heavy (non-hydrogen) atoms. The lowest BCUT2D eigenvalue weighted by Crippen LogP contribution is -1.95. The highest BCUT2D eigenvalue weighted by Gasteiger charge is 2.06. The van der Waals surface area contributed by atoms with Crippen molar-refractivity contribution >= 4 is 11.9 Å². The molecule has 4 aromatic carbocycles. The van der Waals surface area contributed by atoms with E-state index < -0.39 is 11.9 Å². The third kappa shape index (κ3) is 4.94. The van der Waals surface area contributed by atoms with Gasteiger partial charge in [-0.3, -0.25) is 0 Å². The van der Waals surface area contributed by atoms with Gasteiger partial charge in [0.15, 0.2) is 0 Å². The quantitative estimate of drug-likeness (QED) is 0.358. The molecule has 6 heteroatoms. The number of rotatable bonds is 7. The van der Waals surface area contributed by atoms with Crippen molar-refractivity contribution in [2.24, 2.45) is 0 Å². The normalized spacial score (nSPS) is 10.4. The molecule has 0 saturated heterocycles. The second-order valence-corrected chi connectivity index (χ2v) is 6.92. The van der Waals surface area contributed by atoms with Gasteiger partial charge in [0.05, 0.1) is 11.1 Å². The molecule has 0 aromatic heterocycles. The number of carbonyl (C=O) groups is 2. The second-order valence-electron chi connectivity index (χ2n) is 6.92. The first-order valence-corrected chi connectivity index (χ1v) is 9.71. The van der Waals surface area contributed by atoms with Gasteiger partial charge in [0.2, 0.25) is 0 Å². The number of carboxylic acid groups (broad SMARTS) is 2. The van der Waals surface area contributed by atoms with Crippen LogP contribution in [0.5, 0.6) is 23.0 Å². The summed E-state index contributed by atoms with van der Waals surface area (Å²) in [7, 11) is 0. The Kier molecular flexibility index (Phi) is 5.85. The maximum absolute atomic E-state index is 11.0. The summed E-state index contributed by atoms with van der Waals surface area (Å²) in [5.74, 6) is 0.386. The summed E-state index contributed by atoms with van der Waals surface area (Å²) in [5.41, 5.74) is 2.31. The lowest BCUT2D eigenvalue weighted by atomic mass is 10.1. The Morgan fingerprint density at radius 1 is 0.500 bits per heavy atom. The highest BCUT2D eigenvalue weighted by Crippen LogP contribution is 2.30. The molecule has 0 unspecified atom stereocenters. The van der Waals surface area contributed by atoms with Crippen molar-refractivity contribution in [3.63, 3.8) is 0 Å². The lowest BCUT2D eigenvalue weighted by molar-refractivity contribution is 0.0686. The Morgan fingerprint density at radius 3 is 1.41 bits per heavy atom. The van der Waals surface area contributed by atoms with E-state index in [-0.39, 0.29) is 11.1 Å². The van der Waals surface area contributed by atoms with Gasteiger partial charge in [-0.2, -0.15) is 0 Å². The largest absolute Gasteiger partial charge is 0.478 e. The maximum atomic E-state index is 11.0. The van der Waals surface area contributed by atoms with E-state index in [0.717, 1.165) is 11.1 Å². The average molecular weight is 426 g/mol. The molecule has 0 saturated carbocycles. The van der Waals surface area contributed by atoms with Crippen LogP contribution in [-0.4, -0.2) is 22.2 Å². The molecule has 4 rings (SSSR count). The van der Waals surface area contributed by atoms with Crippen LogP contribution in [0.1, 0.15) is 20.7 Å². The van der Waals surface area contributed by atoms with Gasteiger partial charge in [-0.15, -0.1) is 0 Å². The number of ether oxygens (including phenoxy) is 2. The molecule has 0 bridgehead atoms. The zero-order valence-corrected chi connectivity index (χ0v) is 16.8. The number of aromatic carboxylic acids is 2. The lowest BCUT2D eigenvalue weighted by Gasteiger charge is -2.10. The monoisotopic (exact) mass is 426 g/mol. The van der Waals surface area contributed by atoms with Crippen LogP contribution in [0.2, 0.25) is 0 Å². The number of hydrogen-bond acceptors (Lipinski definition) is 4. The molecule has 0 radical (unpaired) electrons. The standard InChI is InChI=1S/C26H18O6/c27-25(28)18-6-12-22(13-7-18)31-21-10-4-17(5-11-21)20-2-1-3-24(16-20)32-23-14-8-19(9-15-23)26(29)30/h1-16H,(H,27,28)(H,29,30). The first-order chi connectivity index (χ1) is 15.5. The summed E-state index contributed by atoms with van der Waals surface area (Å²) < 4.78 is 11.6. The van der Waals surface area contributed by atoms with Crippen LogP contribution in [0.15, 0.2) is 97.1 Å². The highest BCUT2D eigenvalue weighted by molar-refractivity contribution is 5.88. The third-order valence-electron chi connectivity index (χ3n) is 4.70. The van der Waals surface area contributed by atoms with Crippen molar-refractivity contribution in [2.75, 3.05) is 0 Å². The summed E-state index contributed by atoms with van der Waals surface area (Å²) in [4.78, 5) is 21.9. The van der Waals surface area contributed by atoms with E-state index in [9.17, 15) is 9.59 Å². The van der Waals surface area contributed by atoms with E-state index >= 15 is 0 Å². The molecule has 0 fully saturated rings. The van der Waals surface area contributed by atoms with Crippen molar-refractivity contribution in [3.05, 3.63) is 108 Å². The van der Waals surface area contributed by atoms with Crippen LogP contribution >= 0.6 is 0 Å². The summed E-state index contributed by atoms with van der Waals surface area (Å²) in [6.07, 6.45) is 0. The van der Waals surface area contributed by atoms with Gasteiger partial charge in [-0.1, -0.05) is 24.3 Å². The van der Waals surface area contributed by atoms with Gasteiger partial charge < -0.3 is 19.7 Å². The van der Waals surface area contributed by atoms with Crippen molar-refractivity contribution in [1.29, 1.82) is 0 Å². The van der Waals surface area contributed by atoms with Crippen LogP contribution in [-0.2, 0) is 0 Å². The summed E-state index contributed by atoms with van der Waals surface area (Å²) in [5, 5.41) is 18.0. The number of hydrogen-bond donors (Lipinski definition) is 2. The summed E-state index contributed by atoms with van der Waals surface area (Å²) in [6.45, 7) is 0. The van der Waals surface area contributed by atoms with E-state index in [1.807, 2.05) is 48.5 Å². The molecule has 2 N–H and O–H groups in total. The first kappa shape index (κ1) is 20.7. The van der Waals surface area contributed by atoms with Gasteiger partial charge in [0.1, 0.15) is 23.0 Å². The third-order valence-corrected chi connectivity index (χ3v) is 4.70. The minimum atomic E-state index is -0.983. The van der Waals surface area contributed by atoms with Crippen LogP contribution in [0.4, 0.5) is 0 Å². The predicted molar refractivity (Wildman–Crippen MR) is 119 cm³/mol. The molecule has 0 aliphatic heterocycles. The SMILES string of the molecule is O=C(O)c1ccc(Oc2ccc(-c3cccc(Oc4ccc(C(=O)O)cc4)c3)cc2)cc1. The van der Waals surface area contributed by atoms with Crippen molar-refractivity contribution in [1.82, 2.24) is 0 Å². The average Bonchev–Trinajstić information content (AvgIpc) is 2.80. The Bertz CT molecular complexity index is 1240. The Morgan fingerprint density at radius 2 is 0.938 bits per heavy atom. The zero-order chi connectivity index (χ0) is 22.5. The number of benzene rings is 4.